The van der Waals surface area contributed by atoms with E-state index in [0.717, 1.165) is 59.3 Å². The van der Waals surface area contributed by atoms with Gasteiger partial charge in [-0.2, -0.15) is 0 Å². The lowest BCUT2D eigenvalue weighted by Crippen LogP contribution is -2.70. The molecule has 2 N–H and O–H groups in total. The predicted molar refractivity (Wildman–Crippen MR) is 250 cm³/mol. The van der Waals surface area contributed by atoms with E-state index in [4.69, 9.17) is 50.0 Å². The van der Waals surface area contributed by atoms with Crippen LogP contribution >= 0.6 is 11.6 Å². The van der Waals surface area contributed by atoms with Gasteiger partial charge in [0.1, 0.15) is 37.4 Å². The second kappa shape index (κ2) is 22.3. The number of hydrogen-bond acceptors (Lipinski definition) is 12. The van der Waals surface area contributed by atoms with Gasteiger partial charge in [-0.15, -0.1) is 18.2 Å². The third-order valence-corrected chi connectivity index (χ3v) is 13.1. The largest absolute Gasteiger partial charge is 0.487 e. The predicted octanol–water partition coefficient (Wildman–Crippen LogP) is 9.41. The molecule has 0 bridgehead atoms. The molecule has 2 aliphatic carbocycles. The first-order valence-corrected chi connectivity index (χ1v) is 23.6. The first-order valence-electron chi connectivity index (χ1n) is 23.0. The quantitative estimate of drug-likeness (QED) is 0.0336. The third-order valence-electron chi connectivity index (χ3n) is 12.9. The number of nitrogens with zero attached hydrogens (tertiary/aromatic N) is 3. The number of unbranched alkanes of at least 4 members (excludes halogenated alkanes) is 2. The number of carbonyl (C=O) groups is 1. The first-order chi connectivity index (χ1) is 32.3. The molecule has 0 radical (unpaired) electrons. The summed E-state index contributed by atoms with van der Waals surface area (Å²) in [7, 11) is 0. The molecule has 3 heterocycles. The van der Waals surface area contributed by atoms with Crippen LogP contribution in [0.4, 0.5) is 4.79 Å². The van der Waals surface area contributed by atoms with Gasteiger partial charge >= 0.3 is 6.09 Å². The molecule has 6 atom stereocenters. The van der Waals surface area contributed by atoms with Crippen LogP contribution in [0.25, 0.3) is 0 Å². The van der Waals surface area contributed by atoms with Crippen molar-refractivity contribution in [2.45, 2.75) is 89.4 Å². The Labute approximate surface area is 391 Å². The van der Waals surface area contributed by atoms with Gasteiger partial charge in [-0.25, -0.2) is 4.79 Å². The van der Waals surface area contributed by atoms with Crippen molar-refractivity contribution in [2.24, 2.45) is 22.9 Å². The number of benzene rings is 3. The lowest BCUT2D eigenvalue weighted by molar-refractivity contribution is -0.256. The molecule has 2 aliphatic heterocycles. The van der Waals surface area contributed by atoms with Crippen LogP contribution in [0, 0.1) is 24.7 Å². The molecule has 350 valence electrons. The highest BCUT2D eigenvalue weighted by Gasteiger charge is 2.65. The topological polar surface area (TPSA) is 151 Å². The number of pyridine rings is 1. The van der Waals surface area contributed by atoms with Crippen LogP contribution in [0.3, 0.4) is 0 Å². The van der Waals surface area contributed by atoms with Gasteiger partial charge in [0.2, 0.25) is 12.6 Å². The number of rotatable bonds is 22. The average Bonchev–Trinajstić information content (AvgIpc) is 3.81. The molecule has 1 amide bonds. The van der Waals surface area contributed by atoms with Crippen LogP contribution in [0.15, 0.2) is 114 Å². The fraction of sp³-hybridized carbons (Fsp3) is 0.442. The van der Waals surface area contributed by atoms with E-state index in [1.165, 1.54) is 0 Å². The first kappa shape index (κ1) is 46.9. The molecule has 4 aliphatic rings. The number of aliphatic hydroxyl groups excluding tert-OH is 2. The van der Waals surface area contributed by atoms with Crippen molar-refractivity contribution in [3.8, 4) is 23.0 Å². The number of halogens is 1. The third kappa shape index (κ3) is 10.5. The molecular weight excluding hydrogens is 862 g/mol. The van der Waals surface area contributed by atoms with Gasteiger partial charge in [0.05, 0.1) is 29.8 Å². The highest BCUT2D eigenvalue weighted by molar-refractivity contribution is 6.18. The Morgan fingerprint density at radius 1 is 0.939 bits per heavy atom. The molecule has 6 unspecified atom stereocenters. The SMILES string of the molecule is C=CCOC12Oc3ccc(OCc4cccc(C)n4)cc3C3C(CCCCO)C(CCCCO)C=C(C(=NOCc4ccccc4)CC1N(Cc1ccc4c(c1)OCO4)C(=O)OCCCl)C32. The number of hydrogen-bond donors (Lipinski definition) is 2. The van der Waals surface area contributed by atoms with Crippen molar-refractivity contribution in [1.29, 1.82) is 0 Å². The minimum Gasteiger partial charge on any atom is -0.487 e. The maximum atomic E-state index is 14.7. The summed E-state index contributed by atoms with van der Waals surface area (Å²) in [6.07, 6.45) is 8.08. The molecule has 4 aromatic rings. The number of fused-ring (bicyclic) bond motifs is 3. The smallest absolute Gasteiger partial charge is 0.410 e. The molecule has 0 spiro atoms. The normalized spacial score (nSPS) is 22.9. The van der Waals surface area contributed by atoms with Crippen molar-refractivity contribution in [2.75, 3.05) is 39.1 Å². The van der Waals surface area contributed by atoms with Gasteiger partial charge in [0.25, 0.3) is 0 Å². The number of amides is 1. The minimum atomic E-state index is -1.51. The zero-order valence-corrected chi connectivity index (χ0v) is 38.3. The molecular formula is C52H60ClN3O10. The molecule has 8 rings (SSSR count). The zero-order chi connectivity index (χ0) is 45.9. The van der Waals surface area contributed by atoms with Gasteiger partial charge in [-0.05, 0) is 104 Å². The Hall–Kier alpha value is -5.60. The Morgan fingerprint density at radius 2 is 1.74 bits per heavy atom. The molecule has 1 fully saturated rings. The second-order valence-corrected chi connectivity index (χ2v) is 17.6. The summed E-state index contributed by atoms with van der Waals surface area (Å²) in [5.41, 5.74) is 5.96. The van der Waals surface area contributed by atoms with Crippen LogP contribution in [-0.2, 0) is 34.1 Å². The number of alkyl halides is 1. The monoisotopic (exact) mass is 921 g/mol. The Kier molecular flexibility index (Phi) is 15.8. The number of aromatic nitrogens is 1. The van der Waals surface area contributed by atoms with E-state index in [-0.39, 0.29) is 83.0 Å². The molecule has 13 nitrogen and oxygen atoms in total. The highest BCUT2D eigenvalue weighted by atomic mass is 35.5. The summed E-state index contributed by atoms with van der Waals surface area (Å²) in [4.78, 5) is 27.3. The van der Waals surface area contributed by atoms with Gasteiger partial charge in [-0.1, -0.05) is 72.6 Å². The Morgan fingerprint density at radius 3 is 2.53 bits per heavy atom. The van der Waals surface area contributed by atoms with Crippen LogP contribution in [-0.4, -0.2) is 82.8 Å². The summed E-state index contributed by atoms with van der Waals surface area (Å²) in [6, 6.07) is 26.4. The fourth-order valence-electron chi connectivity index (χ4n) is 10.1. The fourth-order valence-corrected chi connectivity index (χ4v) is 10.2. The van der Waals surface area contributed by atoms with E-state index in [1.807, 2.05) is 85.8 Å². The summed E-state index contributed by atoms with van der Waals surface area (Å²) in [5, 5.41) is 25.0. The van der Waals surface area contributed by atoms with E-state index in [0.29, 0.717) is 41.6 Å². The van der Waals surface area contributed by atoms with Crippen molar-refractivity contribution >= 4 is 23.4 Å². The maximum Gasteiger partial charge on any atom is 0.410 e. The van der Waals surface area contributed by atoms with Crippen LogP contribution in [0.5, 0.6) is 23.0 Å². The summed E-state index contributed by atoms with van der Waals surface area (Å²) >= 11 is 6.15. The van der Waals surface area contributed by atoms with E-state index in [9.17, 15) is 15.0 Å². The van der Waals surface area contributed by atoms with E-state index >= 15 is 0 Å². The number of ether oxygens (including phenoxy) is 6. The molecule has 0 saturated heterocycles. The van der Waals surface area contributed by atoms with Gasteiger partial charge < -0.3 is 43.5 Å². The van der Waals surface area contributed by atoms with Crippen molar-refractivity contribution in [3.05, 3.63) is 137 Å². The maximum absolute atomic E-state index is 14.7. The van der Waals surface area contributed by atoms with Crippen molar-refractivity contribution in [3.63, 3.8) is 0 Å². The van der Waals surface area contributed by atoms with Gasteiger partial charge in [0, 0.05) is 43.4 Å². The van der Waals surface area contributed by atoms with Crippen molar-refractivity contribution < 1.29 is 48.3 Å². The summed E-state index contributed by atoms with van der Waals surface area (Å²) < 4.78 is 38.3. The van der Waals surface area contributed by atoms with Crippen LogP contribution in [0.2, 0.25) is 0 Å². The number of carbonyl (C=O) groups excluding carboxylic acids is 1. The van der Waals surface area contributed by atoms with E-state index in [1.54, 1.807) is 11.0 Å². The molecule has 66 heavy (non-hydrogen) atoms. The van der Waals surface area contributed by atoms with E-state index < -0.39 is 23.8 Å². The molecule has 14 heteroatoms. The lowest BCUT2D eigenvalue weighted by Gasteiger charge is -2.59. The van der Waals surface area contributed by atoms with Crippen molar-refractivity contribution in [1.82, 2.24) is 9.88 Å². The van der Waals surface area contributed by atoms with Gasteiger partial charge in [-0.3, -0.25) is 9.88 Å². The lowest BCUT2D eigenvalue weighted by atomic mass is 9.55. The van der Waals surface area contributed by atoms with Crippen LogP contribution in [0.1, 0.15) is 78.9 Å². The highest BCUT2D eigenvalue weighted by Crippen LogP contribution is 2.62. The standard InChI is InChI=1S/C52H60ClN3O10/c1-3-25-64-52-48(56(51(59)60-26-22-53)31-37-18-20-46-47(27-37)63-34-62-46)30-44(55-65-32-36-13-5-4-6-14-36)42-28-38(15-7-9-23-57)41(17-8-10-24-58)49(50(42)52)43-29-40(19-21-45(43)66-52)61-33-39-16-11-12-35(2)54-39/h3-6,11-14,16,18-21,27-29,38,41,48-50,57-58H,1,7-10,15,17,22-26,30-34H2,2H3. The Bertz CT molecular complexity index is 2340. The van der Waals surface area contributed by atoms with Gasteiger partial charge in [0.15, 0.2) is 11.5 Å². The average molecular weight is 923 g/mol. The zero-order valence-electron chi connectivity index (χ0n) is 37.5. The number of aliphatic hydroxyl groups is 2. The summed E-state index contributed by atoms with van der Waals surface area (Å²) in [5.74, 6) is 0.318. The van der Waals surface area contributed by atoms with E-state index in [2.05, 4.69) is 23.7 Å². The minimum absolute atomic E-state index is 0.0165. The number of oxime groups is 1. The molecule has 3 aromatic carbocycles. The number of allylic oxidation sites excluding steroid dienone is 1. The molecule has 1 saturated carbocycles. The Balaban J connectivity index is 1.31. The second-order valence-electron chi connectivity index (χ2n) is 17.2. The summed E-state index contributed by atoms with van der Waals surface area (Å²) in [6.45, 7) is 6.97. The van der Waals surface area contributed by atoms with Crippen LogP contribution < -0.4 is 18.9 Å². The molecule has 1 aromatic heterocycles. The number of aryl methyl sites for hydroxylation is 1.